The number of halogens is 2. The summed E-state index contributed by atoms with van der Waals surface area (Å²) < 4.78 is 1.79. The maximum Gasteiger partial charge on any atom is 0.194 e. The Morgan fingerprint density at radius 1 is 0.875 bits per heavy atom. The Morgan fingerprint density at radius 2 is 1.50 bits per heavy atom. The number of benzene rings is 2. The van der Waals surface area contributed by atoms with Crippen LogP contribution in [-0.4, -0.2) is 5.78 Å². The first-order chi connectivity index (χ1) is 7.68. The number of carbonyl (C=O) groups excluding carboxylic acids is 1. The highest BCUT2D eigenvalue weighted by Crippen LogP contribution is 2.20. The highest BCUT2D eigenvalue weighted by molar-refractivity contribution is 9.10. The average Bonchev–Trinajstić information content (AvgIpc) is 2.30. The van der Waals surface area contributed by atoms with Crippen molar-refractivity contribution in [2.75, 3.05) is 0 Å². The first-order valence-corrected chi connectivity index (χ1v) is 6.32. The minimum Gasteiger partial charge on any atom is -0.289 e. The van der Waals surface area contributed by atoms with Crippen molar-refractivity contribution >= 4 is 37.6 Å². The SMILES string of the molecule is O=C(c1ccc(Br)cc1)c1ccccc1Br. The van der Waals surface area contributed by atoms with E-state index in [1.807, 2.05) is 48.5 Å². The van der Waals surface area contributed by atoms with Crippen molar-refractivity contribution in [1.29, 1.82) is 0 Å². The molecule has 0 bridgehead atoms. The minimum atomic E-state index is 0.0278. The standard InChI is InChI=1S/C13H8Br2O/c14-10-7-5-9(6-8-10)13(16)11-3-1-2-4-12(11)15/h1-8H. The number of hydrogen-bond donors (Lipinski definition) is 0. The summed E-state index contributed by atoms with van der Waals surface area (Å²) in [6, 6.07) is 14.8. The summed E-state index contributed by atoms with van der Waals surface area (Å²) in [6.45, 7) is 0. The van der Waals surface area contributed by atoms with Gasteiger partial charge in [-0.05, 0) is 36.4 Å². The van der Waals surface area contributed by atoms with Crippen LogP contribution in [0.1, 0.15) is 15.9 Å². The molecule has 2 rings (SSSR count). The van der Waals surface area contributed by atoms with Gasteiger partial charge in [-0.3, -0.25) is 4.79 Å². The van der Waals surface area contributed by atoms with Gasteiger partial charge in [-0.25, -0.2) is 0 Å². The fraction of sp³-hybridized carbons (Fsp3) is 0. The Kier molecular flexibility index (Phi) is 3.56. The van der Waals surface area contributed by atoms with Crippen LogP contribution in [0.5, 0.6) is 0 Å². The van der Waals surface area contributed by atoms with Gasteiger partial charge in [0.1, 0.15) is 0 Å². The molecule has 2 aromatic rings. The van der Waals surface area contributed by atoms with Gasteiger partial charge in [0.2, 0.25) is 0 Å². The van der Waals surface area contributed by atoms with E-state index in [1.165, 1.54) is 0 Å². The van der Waals surface area contributed by atoms with Gasteiger partial charge in [0.25, 0.3) is 0 Å². The van der Waals surface area contributed by atoms with E-state index >= 15 is 0 Å². The lowest BCUT2D eigenvalue weighted by molar-refractivity contribution is 0.103. The monoisotopic (exact) mass is 338 g/mol. The van der Waals surface area contributed by atoms with Gasteiger partial charge in [-0.15, -0.1) is 0 Å². The molecule has 3 heteroatoms. The van der Waals surface area contributed by atoms with E-state index < -0.39 is 0 Å². The lowest BCUT2D eigenvalue weighted by atomic mass is 10.0. The Balaban J connectivity index is 2.40. The summed E-state index contributed by atoms with van der Waals surface area (Å²) in [5.74, 6) is 0.0278. The van der Waals surface area contributed by atoms with E-state index in [1.54, 1.807) is 0 Å². The van der Waals surface area contributed by atoms with E-state index in [-0.39, 0.29) is 5.78 Å². The van der Waals surface area contributed by atoms with Crippen molar-refractivity contribution in [3.05, 3.63) is 68.6 Å². The molecule has 0 heterocycles. The molecule has 0 spiro atoms. The minimum absolute atomic E-state index is 0.0278. The van der Waals surface area contributed by atoms with Crippen molar-refractivity contribution in [3.8, 4) is 0 Å². The fourth-order valence-electron chi connectivity index (χ4n) is 1.40. The third-order valence-electron chi connectivity index (χ3n) is 2.22. The van der Waals surface area contributed by atoms with Crippen LogP contribution in [0, 0.1) is 0 Å². The molecule has 0 aromatic heterocycles. The summed E-state index contributed by atoms with van der Waals surface area (Å²) in [7, 11) is 0. The molecule has 0 unspecified atom stereocenters. The van der Waals surface area contributed by atoms with Gasteiger partial charge in [-0.2, -0.15) is 0 Å². The normalized spacial score (nSPS) is 10.1. The Hall–Kier alpha value is -0.930. The van der Waals surface area contributed by atoms with Crippen molar-refractivity contribution < 1.29 is 4.79 Å². The Morgan fingerprint density at radius 3 is 2.12 bits per heavy atom. The van der Waals surface area contributed by atoms with Crippen molar-refractivity contribution in [1.82, 2.24) is 0 Å². The molecule has 16 heavy (non-hydrogen) atoms. The number of carbonyl (C=O) groups is 1. The molecule has 0 aliphatic rings. The van der Waals surface area contributed by atoms with E-state index in [0.29, 0.717) is 11.1 Å². The van der Waals surface area contributed by atoms with Gasteiger partial charge in [0.05, 0.1) is 0 Å². The molecule has 0 N–H and O–H groups in total. The molecule has 0 saturated carbocycles. The predicted octanol–water partition coefficient (Wildman–Crippen LogP) is 4.44. The largest absolute Gasteiger partial charge is 0.289 e. The second kappa shape index (κ2) is 4.93. The summed E-state index contributed by atoms with van der Waals surface area (Å²) in [6.07, 6.45) is 0. The van der Waals surface area contributed by atoms with E-state index in [0.717, 1.165) is 8.95 Å². The molecule has 0 amide bonds. The molecule has 2 aromatic carbocycles. The van der Waals surface area contributed by atoms with Crippen molar-refractivity contribution in [2.45, 2.75) is 0 Å². The molecule has 0 radical (unpaired) electrons. The molecule has 0 saturated heterocycles. The van der Waals surface area contributed by atoms with E-state index in [4.69, 9.17) is 0 Å². The molecule has 0 atom stereocenters. The van der Waals surface area contributed by atoms with Crippen LogP contribution in [0.25, 0.3) is 0 Å². The summed E-state index contributed by atoms with van der Waals surface area (Å²) in [5, 5.41) is 0. The van der Waals surface area contributed by atoms with Crippen LogP contribution in [-0.2, 0) is 0 Å². The molecular formula is C13H8Br2O. The Labute approximate surface area is 111 Å². The van der Waals surface area contributed by atoms with Crippen LogP contribution in [0.4, 0.5) is 0 Å². The first-order valence-electron chi connectivity index (χ1n) is 4.73. The van der Waals surface area contributed by atoms with Crippen molar-refractivity contribution in [3.63, 3.8) is 0 Å². The second-order valence-corrected chi connectivity index (χ2v) is 5.09. The van der Waals surface area contributed by atoms with Crippen molar-refractivity contribution in [2.24, 2.45) is 0 Å². The van der Waals surface area contributed by atoms with E-state index in [9.17, 15) is 4.79 Å². The molecule has 0 aliphatic heterocycles. The van der Waals surface area contributed by atoms with Gasteiger partial charge >= 0.3 is 0 Å². The lowest BCUT2D eigenvalue weighted by Gasteiger charge is -2.03. The summed E-state index contributed by atoms with van der Waals surface area (Å²) in [4.78, 5) is 12.1. The highest BCUT2D eigenvalue weighted by atomic mass is 79.9. The Bertz CT molecular complexity index is 518. The first kappa shape index (κ1) is 11.6. The molecular weight excluding hydrogens is 332 g/mol. The van der Waals surface area contributed by atoms with Crippen LogP contribution < -0.4 is 0 Å². The fourth-order valence-corrected chi connectivity index (χ4v) is 2.13. The molecule has 80 valence electrons. The van der Waals surface area contributed by atoms with Gasteiger partial charge < -0.3 is 0 Å². The summed E-state index contributed by atoms with van der Waals surface area (Å²) >= 11 is 6.72. The van der Waals surface area contributed by atoms with Gasteiger partial charge in [-0.1, -0.05) is 44.0 Å². The molecule has 0 aliphatic carbocycles. The van der Waals surface area contributed by atoms with Crippen LogP contribution in [0.3, 0.4) is 0 Å². The zero-order valence-corrected chi connectivity index (χ0v) is 11.5. The molecule has 0 fully saturated rings. The zero-order chi connectivity index (χ0) is 11.5. The maximum absolute atomic E-state index is 12.1. The third-order valence-corrected chi connectivity index (χ3v) is 3.45. The van der Waals surface area contributed by atoms with E-state index in [2.05, 4.69) is 31.9 Å². The summed E-state index contributed by atoms with van der Waals surface area (Å²) in [5.41, 5.74) is 1.37. The lowest BCUT2D eigenvalue weighted by Crippen LogP contribution is -2.01. The van der Waals surface area contributed by atoms with Gasteiger partial charge in [0.15, 0.2) is 5.78 Å². The predicted molar refractivity (Wildman–Crippen MR) is 71.7 cm³/mol. The number of rotatable bonds is 2. The second-order valence-electron chi connectivity index (χ2n) is 3.32. The number of hydrogen-bond acceptors (Lipinski definition) is 1. The number of ketones is 1. The average molecular weight is 340 g/mol. The highest BCUT2D eigenvalue weighted by Gasteiger charge is 2.11. The third kappa shape index (κ3) is 2.42. The van der Waals surface area contributed by atoms with Crippen LogP contribution >= 0.6 is 31.9 Å². The zero-order valence-electron chi connectivity index (χ0n) is 8.28. The van der Waals surface area contributed by atoms with Gasteiger partial charge in [0, 0.05) is 20.1 Å². The topological polar surface area (TPSA) is 17.1 Å². The van der Waals surface area contributed by atoms with Crippen LogP contribution in [0.2, 0.25) is 0 Å². The van der Waals surface area contributed by atoms with Crippen LogP contribution in [0.15, 0.2) is 57.5 Å². The quantitative estimate of drug-likeness (QED) is 0.739. The maximum atomic E-state index is 12.1. The smallest absolute Gasteiger partial charge is 0.194 e. The molecule has 1 nitrogen and oxygen atoms in total.